The molecule has 1 aromatic rings. The fourth-order valence-electron chi connectivity index (χ4n) is 2.53. The molecule has 1 unspecified atom stereocenters. The van der Waals surface area contributed by atoms with Gasteiger partial charge in [0.15, 0.2) is 0 Å². The third-order valence-electron chi connectivity index (χ3n) is 3.56. The number of benzene rings is 1. The second kappa shape index (κ2) is 5.65. The molecule has 0 saturated carbocycles. The number of hydrogen-bond acceptors (Lipinski definition) is 2. The summed E-state index contributed by atoms with van der Waals surface area (Å²) in [7, 11) is 1.82. The van der Waals surface area contributed by atoms with E-state index < -0.39 is 11.6 Å². The first kappa shape index (κ1) is 13.9. The third kappa shape index (κ3) is 2.76. The molecule has 2 rings (SSSR count). The Kier molecular flexibility index (Phi) is 4.14. The zero-order valence-corrected chi connectivity index (χ0v) is 11.2. The minimum Gasteiger partial charge on any atom is -0.334 e. The van der Waals surface area contributed by atoms with Crippen molar-refractivity contribution in [2.24, 2.45) is 0 Å². The summed E-state index contributed by atoms with van der Waals surface area (Å²) in [4.78, 5) is 14.0. The standard InChI is InChI=1S/C14H18F2N2O/c1-9-6-11(13(16)7-12(9)15)14(19)18-5-3-4-10(18)8-17-2/h6-7,10,17H,3-5,8H2,1-2H3. The fraction of sp³-hybridized carbons (Fsp3) is 0.500. The largest absolute Gasteiger partial charge is 0.334 e. The molecular weight excluding hydrogens is 250 g/mol. The fourth-order valence-corrected chi connectivity index (χ4v) is 2.53. The molecule has 1 fully saturated rings. The molecule has 1 aliphatic heterocycles. The predicted molar refractivity (Wildman–Crippen MR) is 69.1 cm³/mol. The van der Waals surface area contributed by atoms with Gasteiger partial charge in [-0.05, 0) is 38.4 Å². The number of nitrogens with one attached hydrogen (secondary N) is 1. The van der Waals surface area contributed by atoms with E-state index in [9.17, 15) is 13.6 Å². The van der Waals surface area contributed by atoms with Crippen molar-refractivity contribution < 1.29 is 13.6 Å². The second-order valence-electron chi connectivity index (χ2n) is 4.93. The Labute approximate surface area is 111 Å². The van der Waals surface area contributed by atoms with E-state index in [1.807, 2.05) is 7.05 Å². The number of carbonyl (C=O) groups is 1. The lowest BCUT2D eigenvalue weighted by Gasteiger charge is -2.25. The topological polar surface area (TPSA) is 32.3 Å². The quantitative estimate of drug-likeness (QED) is 0.910. The lowest BCUT2D eigenvalue weighted by Crippen LogP contribution is -2.41. The molecule has 0 aliphatic carbocycles. The van der Waals surface area contributed by atoms with Crippen molar-refractivity contribution in [2.75, 3.05) is 20.1 Å². The van der Waals surface area contributed by atoms with Gasteiger partial charge >= 0.3 is 0 Å². The number of aryl methyl sites for hydroxylation is 1. The Balaban J connectivity index is 2.26. The molecule has 1 atom stereocenters. The van der Waals surface area contributed by atoms with Crippen molar-refractivity contribution in [3.8, 4) is 0 Å². The maximum atomic E-state index is 13.7. The summed E-state index contributed by atoms with van der Waals surface area (Å²) in [5, 5.41) is 3.03. The van der Waals surface area contributed by atoms with Gasteiger partial charge in [-0.1, -0.05) is 0 Å². The van der Waals surface area contributed by atoms with Crippen LogP contribution in [0.5, 0.6) is 0 Å². The highest BCUT2D eigenvalue weighted by Crippen LogP contribution is 2.22. The van der Waals surface area contributed by atoms with Crippen LogP contribution in [0, 0.1) is 18.6 Å². The van der Waals surface area contributed by atoms with E-state index in [4.69, 9.17) is 0 Å². The first-order chi connectivity index (χ1) is 9.04. The van der Waals surface area contributed by atoms with Crippen LogP contribution >= 0.6 is 0 Å². The van der Waals surface area contributed by atoms with Crippen LogP contribution in [0.15, 0.2) is 12.1 Å². The molecule has 104 valence electrons. The molecule has 1 aromatic carbocycles. The normalized spacial score (nSPS) is 18.9. The lowest BCUT2D eigenvalue weighted by molar-refractivity contribution is 0.0732. The van der Waals surface area contributed by atoms with Crippen LogP contribution < -0.4 is 5.32 Å². The number of likely N-dealkylation sites (tertiary alicyclic amines) is 1. The first-order valence-corrected chi connectivity index (χ1v) is 6.45. The van der Waals surface area contributed by atoms with E-state index in [2.05, 4.69) is 5.32 Å². The lowest BCUT2D eigenvalue weighted by atomic mass is 10.1. The SMILES string of the molecule is CNCC1CCCN1C(=O)c1cc(C)c(F)cc1F. The highest BCUT2D eigenvalue weighted by Gasteiger charge is 2.30. The molecule has 19 heavy (non-hydrogen) atoms. The zero-order chi connectivity index (χ0) is 14.0. The summed E-state index contributed by atoms with van der Waals surface area (Å²) in [5.41, 5.74) is 0.246. The van der Waals surface area contributed by atoms with Crippen molar-refractivity contribution >= 4 is 5.91 Å². The Morgan fingerprint density at radius 1 is 1.42 bits per heavy atom. The maximum absolute atomic E-state index is 13.7. The van der Waals surface area contributed by atoms with Gasteiger partial charge in [0, 0.05) is 25.2 Å². The Morgan fingerprint density at radius 3 is 2.84 bits per heavy atom. The van der Waals surface area contributed by atoms with E-state index in [1.165, 1.54) is 13.0 Å². The van der Waals surface area contributed by atoms with E-state index >= 15 is 0 Å². The molecule has 1 heterocycles. The van der Waals surface area contributed by atoms with Gasteiger partial charge in [-0.15, -0.1) is 0 Å². The number of rotatable bonds is 3. The van der Waals surface area contributed by atoms with Gasteiger partial charge in [0.05, 0.1) is 5.56 Å². The Hall–Kier alpha value is -1.49. The molecule has 1 saturated heterocycles. The monoisotopic (exact) mass is 268 g/mol. The third-order valence-corrected chi connectivity index (χ3v) is 3.56. The number of amides is 1. The van der Waals surface area contributed by atoms with Crippen LogP contribution in [0.3, 0.4) is 0 Å². The predicted octanol–water partition coefficient (Wildman–Crippen LogP) is 2.10. The van der Waals surface area contributed by atoms with Crippen LogP contribution in [-0.4, -0.2) is 37.0 Å². The van der Waals surface area contributed by atoms with Crippen LogP contribution in [0.2, 0.25) is 0 Å². The van der Waals surface area contributed by atoms with E-state index in [0.29, 0.717) is 13.1 Å². The van der Waals surface area contributed by atoms with Gasteiger partial charge in [0.1, 0.15) is 11.6 Å². The van der Waals surface area contributed by atoms with Crippen molar-refractivity contribution in [3.05, 3.63) is 34.9 Å². The minimum atomic E-state index is -0.789. The van der Waals surface area contributed by atoms with Gasteiger partial charge in [-0.25, -0.2) is 8.78 Å². The van der Waals surface area contributed by atoms with Gasteiger partial charge in [0.2, 0.25) is 0 Å². The van der Waals surface area contributed by atoms with Crippen LogP contribution in [0.1, 0.15) is 28.8 Å². The van der Waals surface area contributed by atoms with Crippen molar-refractivity contribution in [1.82, 2.24) is 10.2 Å². The van der Waals surface area contributed by atoms with E-state index in [1.54, 1.807) is 4.90 Å². The highest BCUT2D eigenvalue weighted by atomic mass is 19.1. The number of likely N-dealkylation sites (N-methyl/N-ethyl adjacent to an activating group) is 1. The Morgan fingerprint density at radius 2 is 2.16 bits per heavy atom. The summed E-state index contributed by atoms with van der Waals surface area (Å²) in [5.74, 6) is -1.76. The van der Waals surface area contributed by atoms with Gasteiger partial charge < -0.3 is 10.2 Å². The number of halogens is 2. The summed E-state index contributed by atoms with van der Waals surface area (Å²) in [6.07, 6.45) is 1.83. The van der Waals surface area contributed by atoms with Crippen LogP contribution in [0.25, 0.3) is 0 Å². The molecule has 3 nitrogen and oxygen atoms in total. The van der Waals surface area contributed by atoms with Gasteiger partial charge in [-0.2, -0.15) is 0 Å². The number of carbonyl (C=O) groups excluding carboxylic acids is 1. The second-order valence-corrected chi connectivity index (χ2v) is 4.93. The Bertz CT molecular complexity index is 491. The molecule has 0 aromatic heterocycles. The smallest absolute Gasteiger partial charge is 0.257 e. The average molecular weight is 268 g/mol. The zero-order valence-electron chi connectivity index (χ0n) is 11.2. The minimum absolute atomic E-state index is 0.0399. The molecular formula is C14H18F2N2O. The van der Waals surface area contributed by atoms with Crippen molar-refractivity contribution in [1.29, 1.82) is 0 Å². The summed E-state index contributed by atoms with van der Waals surface area (Å²) in [6.45, 7) is 2.84. The van der Waals surface area contributed by atoms with Gasteiger partial charge in [0.25, 0.3) is 5.91 Å². The van der Waals surface area contributed by atoms with Gasteiger partial charge in [-0.3, -0.25) is 4.79 Å². The summed E-state index contributed by atoms with van der Waals surface area (Å²) >= 11 is 0. The van der Waals surface area contributed by atoms with E-state index in [-0.39, 0.29) is 23.1 Å². The molecule has 5 heteroatoms. The van der Waals surface area contributed by atoms with Crippen LogP contribution in [0.4, 0.5) is 8.78 Å². The molecule has 1 amide bonds. The first-order valence-electron chi connectivity index (χ1n) is 6.45. The van der Waals surface area contributed by atoms with Crippen LogP contribution in [-0.2, 0) is 0 Å². The highest BCUT2D eigenvalue weighted by molar-refractivity contribution is 5.95. The number of hydrogen-bond donors (Lipinski definition) is 1. The van der Waals surface area contributed by atoms with Crippen molar-refractivity contribution in [3.63, 3.8) is 0 Å². The molecule has 0 bridgehead atoms. The summed E-state index contributed by atoms with van der Waals surface area (Å²) < 4.78 is 27.0. The maximum Gasteiger partial charge on any atom is 0.257 e. The molecule has 0 spiro atoms. The average Bonchev–Trinajstić information content (AvgIpc) is 2.82. The molecule has 0 radical (unpaired) electrons. The molecule has 1 N–H and O–H groups in total. The van der Waals surface area contributed by atoms with E-state index in [0.717, 1.165) is 18.9 Å². The number of nitrogens with zero attached hydrogens (tertiary/aromatic N) is 1. The summed E-state index contributed by atoms with van der Waals surface area (Å²) in [6, 6.07) is 2.16. The molecule has 1 aliphatic rings. The van der Waals surface area contributed by atoms with Crippen molar-refractivity contribution in [2.45, 2.75) is 25.8 Å².